The molecule has 2 rings (SSSR count). The van der Waals surface area contributed by atoms with E-state index in [0.717, 1.165) is 5.56 Å². The molecule has 0 saturated heterocycles. The van der Waals surface area contributed by atoms with Crippen molar-refractivity contribution in [3.8, 4) is 0 Å². The molecule has 0 aliphatic carbocycles. The third-order valence-electron chi connectivity index (χ3n) is 2.59. The van der Waals surface area contributed by atoms with Crippen molar-refractivity contribution in [3.63, 3.8) is 0 Å². The topological polar surface area (TPSA) is 42.0 Å². The van der Waals surface area contributed by atoms with Crippen molar-refractivity contribution < 1.29 is 9.18 Å². The van der Waals surface area contributed by atoms with E-state index >= 15 is 0 Å². The molecule has 0 aliphatic rings. The van der Waals surface area contributed by atoms with Crippen molar-refractivity contribution in [2.75, 3.05) is 6.54 Å². The second-order valence-corrected chi connectivity index (χ2v) is 4.41. The molecule has 0 radical (unpaired) electrons. The normalized spacial score (nSPS) is 10.2. The second kappa shape index (κ2) is 6.29. The molecule has 0 saturated carbocycles. The van der Waals surface area contributed by atoms with Crippen molar-refractivity contribution in [3.05, 3.63) is 64.7 Å². The van der Waals surface area contributed by atoms with Crippen molar-refractivity contribution in [2.45, 2.75) is 6.42 Å². The van der Waals surface area contributed by atoms with E-state index in [9.17, 15) is 9.18 Å². The van der Waals surface area contributed by atoms with E-state index in [1.165, 1.54) is 18.3 Å². The van der Waals surface area contributed by atoms with Gasteiger partial charge in [0.15, 0.2) is 0 Å². The van der Waals surface area contributed by atoms with Gasteiger partial charge in [-0.1, -0.05) is 23.7 Å². The summed E-state index contributed by atoms with van der Waals surface area (Å²) in [5, 5.41) is 3.30. The first kappa shape index (κ1) is 13.5. The standard InChI is InChI=1S/C14H12ClFN2O/c15-11-4-1-3-10(9-11)6-8-18-14(19)12-5-2-7-17-13(12)16/h1-5,7,9H,6,8H2,(H,18,19). The number of hydrogen-bond donors (Lipinski definition) is 1. The fourth-order valence-corrected chi connectivity index (χ4v) is 1.88. The van der Waals surface area contributed by atoms with E-state index in [1.807, 2.05) is 18.2 Å². The van der Waals surface area contributed by atoms with Crippen LogP contribution in [0.5, 0.6) is 0 Å². The molecule has 1 aromatic carbocycles. The summed E-state index contributed by atoms with van der Waals surface area (Å²) in [5.41, 5.74) is 0.966. The lowest BCUT2D eigenvalue weighted by molar-refractivity contribution is 0.0949. The lowest BCUT2D eigenvalue weighted by Crippen LogP contribution is -2.26. The first-order chi connectivity index (χ1) is 9.16. The van der Waals surface area contributed by atoms with E-state index < -0.39 is 11.9 Å². The molecule has 2 aromatic rings. The van der Waals surface area contributed by atoms with Crippen LogP contribution in [-0.2, 0) is 6.42 Å². The Morgan fingerprint density at radius 1 is 1.32 bits per heavy atom. The monoisotopic (exact) mass is 278 g/mol. The van der Waals surface area contributed by atoms with Gasteiger partial charge in [0.2, 0.25) is 5.95 Å². The van der Waals surface area contributed by atoms with Gasteiger partial charge >= 0.3 is 0 Å². The predicted molar refractivity (Wildman–Crippen MR) is 71.7 cm³/mol. The zero-order valence-corrected chi connectivity index (χ0v) is 10.8. The predicted octanol–water partition coefficient (Wildman–Crippen LogP) is 2.85. The lowest BCUT2D eigenvalue weighted by Gasteiger charge is -2.06. The Kier molecular flexibility index (Phi) is 4.47. The van der Waals surface area contributed by atoms with Crippen LogP contribution in [0.4, 0.5) is 4.39 Å². The van der Waals surface area contributed by atoms with Gasteiger partial charge in [0.1, 0.15) is 0 Å². The van der Waals surface area contributed by atoms with Crippen LogP contribution >= 0.6 is 11.6 Å². The summed E-state index contributed by atoms with van der Waals surface area (Å²) in [6, 6.07) is 10.3. The number of carbonyl (C=O) groups is 1. The Labute approximate surface area is 115 Å². The summed E-state index contributed by atoms with van der Waals surface area (Å²) >= 11 is 5.86. The third kappa shape index (κ3) is 3.76. The first-order valence-corrected chi connectivity index (χ1v) is 6.18. The minimum absolute atomic E-state index is 0.0476. The average molecular weight is 279 g/mol. The highest BCUT2D eigenvalue weighted by Gasteiger charge is 2.10. The summed E-state index contributed by atoms with van der Waals surface area (Å²) in [4.78, 5) is 15.1. The fraction of sp³-hybridized carbons (Fsp3) is 0.143. The number of carbonyl (C=O) groups excluding carboxylic acids is 1. The van der Waals surface area contributed by atoms with E-state index in [0.29, 0.717) is 18.0 Å². The van der Waals surface area contributed by atoms with Gasteiger partial charge in [-0.05, 0) is 36.2 Å². The smallest absolute Gasteiger partial charge is 0.255 e. The Morgan fingerprint density at radius 2 is 2.16 bits per heavy atom. The van der Waals surface area contributed by atoms with E-state index in [4.69, 9.17) is 11.6 Å². The molecule has 0 bridgehead atoms. The number of aromatic nitrogens is 1. The Hall–Kier alpha value is -1.94. The van der Waals surface area contributed by atoms with E-state index in [2.05, 4.69) is 10.3 Å². The number of hydrogen-bond acceptors (Lipinski definition) is 2. The van der Waals surface area contributed by atoms with Gasteiger partial charge in [-0.2, -0.15) is 4.39 Å². The van der Waals surface area contributed by atoms with Crippen LogP contribution in [0, 0.1) is 5.95 Å². The minimum Gasteiger partial charge on any atom is -0.352 e. The summed E-state index contributed by atoms with van der Waals surface area (Å²) in [7, 11) is 0. The SMILES string of the molecule is O=C(NCCc1cccc(Cl)c1)c1cccnc1F. The molecule has 1 N–H and O–H groups in total. The summed E-state index contributed by atoms with van der Waals surface area (Å²) in [5.74, 6) is -1.23. The molecule has 0 atom stereocenters. The molecule has 19 heavy (non-hydrogen) atoms. The van der Waals surface area contributed by atoms with Gasteiger partial charge in [0.05, 0.1) is 5.56 Å². The molecule has 0 unspecified atom stereocenters. The Morgan fingerprint density at radius 3 is 2.89 bits per heavy atom. The van der Waals surface area contributed by atoms with Gasteiger partial charge < -0.3 is 5.32 Å². The van der Waals surface area contributed by atoms with Crippen molar-refractivity contribution in [1.29, 1.82) is 0 Å². The minimum atomic E-state index is -0.761. The number of nitrogens with one attached hydrogen (secondary N) is 1. The molecule has 1 aromatic heterocycles. The summed E-state index contributed by atoms with van der Waals surface area (Å²) in [6.07, 6.45) is 1.94. The summed E-state index contributed by atoms with van der Waals surface area (Å²) in [6.45, 7) is 0.410. The number of nitrogens with zero attached hydrogens (tertiary/aromatic N) is 1. The number of amides is 1. The highest BCUT2D eigenvalue weighted by molar-refractivity contribution is 6.30. The van der Waals surface area contributed by atoms with Gasteiger partial charge in [-0.25, -0.2) is 4.98 Å². The Bertz CT molecular complexity index is 589. The average Bonchev–Trinajstić information content (AvgIpc) is 2.39. The van der Waals surface area contributed by atoms with Gasteiger partial charge in [-0.15, -0.1) is 0 Å². The molecular formula is C14H12ClFN2O. The number of benzene rings is 1. The van der Waals surface area contributed by atoms with Crippen molar-refractivity contribution >= 4 is 17.5 Å². The largest absolute Gasteiger partial charge is 0.352 e. The van der Waals surface area contributed by atoms with Crippen LogP contribution in [0.15, 0.2) is 42.6 Å². The Balaban J connectivity index is 1.90. The molecule has 0 spiro atoms. The molecular weight excluding hydrogens is 267 g/mol. The maximum absolute atomic E-state index is 13.3. The fourth-order valence-electron chi connectivity index (χ4n) is 1.66. The van der Waals surface area contributed by atoms with E-state index in [1.54, 1.807) is 6.07 Å². The molecule has 98 valence electrons. The maximum Gasteiger partial charge on any atom is 0.255 e. The maximum atomic E-state index is 13.3. The third-order valence-corrected chi connectivity index (χ3v) is 2.83. The molecule has 0 aliphatic heterocycles. The van der Waals surface area contributed by atoms with Crippen LogP contribution in [0.25, 0.3) is 0 Å². The van der Waals surface area contributed by atoms with Gasteiger partial charge in [-0.3, -0.25) is 4.79 Å². The molecule has 1 heterocycles. The van der Waals surface area contributed by atoms with Gasteiger partial charge in [0.25, 0.3) is 5.91 Å². The summed E-state index contributed by atoms with van der Waals surface area (Å²) < 4.78 is 13.3. The second-order valence-electron chi connectivity index (χ2n) is 3.98. The molecule has 3 nitrogen and oxygen atoms in total. The first-order valence-electron chi connectivity index (χ1n) is 5.80. The quantitative estimate of drug-likeness (QED) is 0.874. The number of rotatable bonds is 4. The highest BCUT2D eigenvalue weighted by atomic mass is 35.5. The zero-order chi connectivity index (χ0) is 13.7. The van der Waals surface area contributed by atoms with Crippen molar-refractivity contribution in [1.82, 2.24) is 10.3 Å². The van der Waals surface area contributed by atoms with Crippen LogP contribution in [0.3, 0.4) is 0 Å². The van der Waals surface area contributed by atoms with Crippen molar-refractivity contribution in [2.24, 2.45) is 0 Å². The van der Waals surface area contributed by atoms with Crippen LogP contribution in [-0.4, -0.2) is 17.4 Å². The molecule has 0 fully saturated rings. The molecule has 5 heteroatoms. The lowest BCUT2D eigenvalue weighted by atomic mass is 10.1. The van der Waals surface area contributed by atoms with Crippen LogP contribution in [0.1, 0.15) is 15.9 Å². The van der Waals surface area contributed by atoms with Crippen LogP contribution < -0.4 is 5.32 Å². The van der Waals surface area contributed by atoms with Crippen LogP contribution in [0.2, 0.25) is 5.02 Å². The zero-order valence-electron chi connectivity index (χ0n) is 10.1. The van der Waals surface area contributed by atoms with Gasteiger partial charge in [0, 0.05) is 17.8 Å². The highest BCUT2D eigenvalue weighted by Crippen LogP contribution is 2.10. The van der Waals surface area contributed by atoms with E-state index in [-0.39, 0.29) is 5.56 Å². The number of halogens is 2. The molecule has 1 amide bonds. The number of pyridine rings is 1.